The molecular formula is C20H17ClFNO5. The highest BCUT2D eigenvalue weighted by Crippen LogP contribution is 2.40. The van der Waals surface area contributed by atoms with Crippen LogP contribution in [0, 0.1) is 5.82 Å². The lowest BCUT2D eigenvalue weighted by molar-refractivity contribution is -0.150. The van der Waals surface area contributed by atoms with Crippen molar-refractivity contribution in [2.24, 2.45) is 0 Å². The first kappa shape index (κ1) is 19.7. The Morgan fingerprint density at radius 1 is 1.29 bits per heavy atom. The van der Waals surface area contributed by atoms with Gasteiger partial charge in [-0.3, -0.25) is 4.79 Å². The van der Waals surface area contributed by atoms with Gasteiger partial charge in [0.1, 0.15) is 5.82 Å². The van der Waals surface area contributed by atoms with Crippen molar-refractivity contribution in [2.75, 3.05) is 6.79 Å². The summed E-state index contributed by atoms with van der Waals surface area (Å²) in [4.78, 5) is 24.0. The zero-order valence-corrected chi connectivity index (χ0v) is 15.7. The van der Waals surface area contributed by atoms with Crippen LogP contribution in [-0.2, 0) is 20.9 Å². The van der Waals surface area contributed by atoms with Crippen LogP contribution < -0.4 is 14.8 Å². The molecule has 146 valence electrons. The number of carbonyl (C=O) groups excluding carboxylic acids is 2. The second-order valence-corrected chi connectivity index (χ2v) is 6.40. The van der Waals surface area contributed by atoms with Crippen molar-refractivity contribution < 1.29 is 28.2 Å². The molecule has 0 unspecified atom stereocenters. The summed E-state index contributed by atoms with van der Waals surface area (Å²) in [5.74, 6) is -0.537. The van der Waals surface area contributed by atoms with E-state index in [2.05, 4.69) is 5.32 Å². The Labute approximate surface area is 165 Å². The number of carbonyl (C=O) groups is 2. The Kier molecular flexibility index (Phi) is 6.16. The number of hydrogen-bond donors (Lipinski definition) is 1. The molecule has 1 aliphatic heterocycles. The summed E-state index contributed by atoms with van der Waals surface area (Å²) in [6.07, 6.45) is 1.70. The van der Waals surface area contributed by atoms with E-state index in [9.17, 15) is 14.0 Å². The highest BCUT2D eigenvalue weighted by Gasteiger charge is 2.18. The fourth-order valence-electron chi connectivity index (χ4n) is 2.45. The first-order valence-electron chi connectivity index (χ1n) is 8.42. The molecule has 2 aromatic rings. The van der Waals surface area contributed by atoms with Crippen LogP contribution >= 0.6 is 11.6 Å². The van der Waals surface area contributed by atoms with Crippen molar-refractivity contribution in [3.63, 3.8) is 0 Å². The van der Waals surface area contributed by atoms with Crippen molar-refractivity contribution in [2.45, 2.75) is 19.6 Å². The van der Waals surface area contributed by atoms with E-state index < -0.39 is 18.0 Å². The lowest BCUT2D eigenvalue weighted by Gasteiger charge is -2.12. The molecule has 0 saturated carbocycles. The second kappa shape index (κ2) is 8.75. The monoisotopic (exact) mass is 405 g/mol. The van der Waals surface area contributed by atoms with Crippen molar-refractivity contribution in [1.82, 2.24) is 5.32 Å². The fourth-order valence-corrected chi connectivity index (χ4v) is 2.72. The molecule has 8 heteroatoms. The average Bonchev–Trinajstić information content (AvgIpc) is 3.15. The first-order chi connectivity index (χ1) is 13.4. The minimum absolute atomic E-state index is 0.0921. The minimum Gasteiger partial charge on any atom is -0.454 e. The van der Waals surface area contributed by atoms with E-state index in [1.54, 1.807) is 24.3 Å². The van der Waals surface area contributed by atoms with Crippen LogP contribution in [0.15, 0.2) is 42.5 Å². The van der Waals surface area contributed by atoms with Gasteiger partial charge < -0.3 is 19.5 Å². The van der Waals surface area contributed by atoms with Crippen LogP contribution in [0.25, 0.3) is 6.08 Å². The van der Waals surface area contributed by atoms with E-state index in [-0.39, 0.29) is 19.2 Å². The molecule has 28 heavy (non-hydrogen) atoms. The molecule has 0 radical (unpaired) electrons. The van der Waals surface area contributed by atoms with E-state index in [1.165, 1.54) is 31.2 Å². The number of fused-ring (bicyclic) bond motifs is 1. The van der Waals surface area contributed by atoms with Gasteiger partial charge in [-0.05, 0) is 48.4 Å². The van der Waals surface area contributed by atoms with E-state index in [0.29, 0.717) is 22.1 Å². The van der Waals surface area contributed by atoms with Gasteiger partial charge in [0.2, 0.25) is 6.79 Å². The van der Waals surface area contributed by atoms with E-state index in [0.717, 1.165) is 5.56 Å². The third kappa shape index (κ3) is 5.01. The Hall–Kier alpha value is -3.06. The molecule has 1 heterocycles. The van der Waals surface area contributed by atoms with Gasteiger partial charge in [-0.15, -0.1) is 0 Å². The van der Waals surface area contributed by atoms with E-state index in [1.807, 2.05) is 0 Å². The summed E-state index contributed by atoms with van der Waals surface area (Å²) in [6.45, 7) is 1.75. The average molecular weight is 406 g/mol. The van der Waals surface area contributed by atoms with Crippen molar-refractivity contribution in [3.05, 3.63) is 64.4 Å². The predicted octanol–water partition coefficient (Wildman–Crippen LogP) is 3.47. The van der Waals surface area contributed by atoms with Gasteiger partial charge in [-0.2, -0.15) is 0 Å². The number of ether oxygens (including phenoxy) is 3. The number of hydrogen-bond acceptors (Lipinski definition) is 5. The summed E-state index contributed by atoms with van der Waals surface area (Å²) >= 11 is 6.08. The molecule has 3 rings (SSSR count). The molecule has 0 spiro atoms. The van der Waals surface area contributed by atoms with Crippen LogP contribution in [-0.4, -0.2) is 24.8 Å². The topological polar surface area (TPSA) is 73.9 Å². The molecule has 0 fully saturated rings. The minimum atomic E-state index is -0.988. The first-order valence-corrected chi connectivity index (χ1v) is 8.80. The molecular weight excluding hydrogens is 389 g/mol. The van der Waals surface area contributed by atoms with Gasteiger partial charge in [-0.25, -0.2) is 9.18 Å². The zero-order valence-electron chi connectivity index (χ0n) is 14.9. The summed E-state index contributed by atoms with van der Waals surface area (Å²) < 4.78 is 28.4. The lowest BCUT2D eigenvalue weighted by Crippen LogP contribution is -2.35. The summed E-state index contributed by atoms with van der Waals surface area (Å²) in [5.41, 5.74) is 1.35. The second-order valence-electron chi connectivity index (χ2n) is 5.99. The number of halogens is 2. The summed E-state index contributed by atoms with van der Waals surface area (Å²) in [6, 6.07) is 9.03. The Morgan fingerprint density at radius 2 is 2.04 bits per heavy atom. The molecule has 0 saturated heterocycles. The highest BCUT2D eigenvalue weighted by molar-refractivity contribution is 6.32. The lowest BCUT2D eigenvalue weighted by atomic mass is 10.2. The van der Waals surface area contributed by atoms with Crippen molar-refractivity contribution in [1.29, 1.82) is 0 Å². The Balaban J connectivity index is 1.51. The quantitative estimate of drug-likeness (QED) is 0.588. The maximum absolute atomic E-state index is 12.9. The number of amides is 1. The van der Waals surface area contributed by atoms with Crippen LogP contribution in [0.1, 0.15) is 18.1 Å². The molecule has 2 aromatic carbocycles. The van der Waals surface area contributed by atoms with E-state index >= 15 is 0 Å². The highest BCUT2D eigenvalue weighted by atomic mass is 35.5. The Bertz CT molecular complexity index is 914. The molecule has 0 aromatic heterocycles. The molecule has 6 nitrogen and oxygen atoms in total. The number of benzene rings is 2. The largest absolute Gasteiger partial charge is 0.454 e. The van der Waals surface area contributed by atoms with Crippen molar-refractivity contribution in [3.8, 4) is 11.5 Å². The standard InChI is InChI=1S/C20H17ClFNO5/c1-12(20(25)23-10-13-2-5-15(22)6-3-13)28-18(24)7-4-14-8-16(21)19-17(9-14)26-11-27-19/h2-9,12H,10-11H2,1H3,(H,23,25)/b7-4+/t12-/m1/s1. The van der Waals surface area contributed by atoms with Gasteiger partial charge in [0.25, 0.3) is 5.91 Å². The van der Waals surface area contributed by atoms with Crippen molar-refractivity contribution >= 4 is 29.6 Å². The number of nitrogens with one attached hydrogen (secondary N) is 1. The molecule has 1 atom stereocenters. The number of rotatable bonds is 6. The third-order valence-electron chi connectivity index (χ3n) is 3.90. The van der Waals surface area contributed by atoms with Gasteiger partial charge in [0.15, 0.2) is 17.6 Å². The molecule has 1 N–H and O–H groups in total. The van der Waals surface area contributed by atoms with Gasteiger partial charge in [0, 0.05) is 12.6 Å². The van der Waals surface area contributed by atoms with Gasteiger partial charge in [-0.1, -0.05) is 23.7 Å². The smallest absolute Gasteiger partial charge is 0.331 e. The number of esters is 1. The molecule has 1 amide bonds. The van der Waals surface area contributed by atoms with Crippen LogP contribution in [0.2, 0.25) is 5.02 Å². The third-order valence-corrected chi connectivity index (χ3v) is 4.18. The normalized spacial score (nSPS) is 13.4. The zero-order chi connectivity index (χ0) is 20.1. The molecule has 0 aliphatic carbocycles. The molecule has 1 aliphatic rings. The predicted molar refractivity (Wildman–Crippen MR) is 100 cm³/mol. The maximum Gasteiger partial charge on any atom is 0.331 e. The van der Waals surface area contributed by atoms with Crippen LogP contribution in [0.5, 0.6) is 11.5 Å². The Morgan fingerprint density at radius 3 is 2.79 bits per heavy atom. The molecule has 0 bridgehead atoms. The fraction of sp³-hybridized carbons (Fsp3) is 0.200. The van der Waals surface area contributed by atoms with Gasteiger partial charge in [0.05, 0.1) is 5.02 Å². The SMILES string of the molecule is C[C@@H](OC(=O)/C=C/c1cc(Cl)c2c(c1)OCO2)C(=O)NCc1ccc(F)cc1. The maximum atomic E-state index is 12.9. The van der Waals surface area contributed by atoms with Crippen LogP contribution in [0.4, 0.5) is 4.39 Å². The van der Waals surface area contributed by atoms with Crippen LogP contribution in [0.3, 0.4) is 0 Å². The van der Waals surface area contributed by atoms with Gasteiger partial charge >= 0.3 is 5.97 Å². The summed E-state index contributed by atoms with van der Waals surface area (Å²) in [7, 11) is 0. The summed E-state index contributed by atoms with van der Waals surface area (Å²) in [5, 5.41) is 2.99. The van der Waals surface area contributed by atoms with E-state index in [4.69, 9.17) is 25.8 Å².